The maximum absolute atomic E-state index is 5.50. The summed E-state index contributed by atoms with van der Waals surface area (Å²) in [4.78, 5) is 0. The Kier molecular flexibility index (Phi) is 2.53. The second kappa shape index (κ2) is 3.82. The highest BCUT2D eigenvalue weighted by molar-refractivity contribution is 5.40. The van der Waals surface area contributed by atoms with Gasteiger partial charge >= 0.3 is 0 Å². The molecule has 1 aromatic carbocycles. The number of rotatable bonds is 3. The Labute approximate surface area is 79.7 Å². The van der Waals surface area contributed by atoms with Crippen LogP contribution in [0, 0.1) is 6.92 Å². The van der Waals surface area contributed by atoms with Gasteiger partial charge in [-0.2, -0.15) is 0 Å². The van der Waals surface area contributed by atoms with E-state index in [-0.39, 0.29) is 0 Å². The maximum atomic E-state index is 5.50. The number of benzene rings is 1. The molecule has 1 heteroatoms. The van der Waals surface area contributed by atoms with Crippen LogP contribution in [0.15, 0.2) is 18.2 Å². The summed E-state index contributed by atoms with van der Waals surface area (Å²) in [5, 5.41) is 0. The molecule has 1 radical (unpaired) electrons. The standard InChI is InChI=1S/C12H15O/c1-2-3-4-10-5-6-11-7-8-13-12(11)9-10/h5-6,9H,1-4,7-8H2. The third-order valence-corrected chi connectivity index (χ3v) is 2.48. The Morgan fingerprint density at radius 1 is 1.38 bits per heavy atom. The van der Waals surface area contributed by atoms with Crippen molar-refractivity contribution >= 4 is 0 Å². The molecule has 1 aliphatic heterocycles. The monoisotopic (exact) mass is 175 g/mol. The number of fused-ring (bicyclic) bond motifs is 1. The largest absolute Gasteiger partial charge is 0.493 e. The molecule has 0 N–H and O–H groups in total. The van der Waals surface area contributed by atoms with Gasteiger partial charge in [0.2, 0.25) is 0 Å². The third kappa shape index (κ3) is 1.85. The minimum Gasteiger partial charge on any atom is -0.493 e. The Morgan fingerprint density at radius 2 is 2.31 bits per heavy atom. The van der Waals surface area contributed by atoms with Crippen LogP contribution < -0.4 is 4.74 Å². The Hall–Kier alpha value is -0.980. The van der Waals surface area contributed by atoms with Crippen LogP contribution in [0.3, 0.4) is 0 Å². The van der Waals surface area contributed by atoms with Gasteiger partial charge < -0.3 is 4.74 Å². The van der Waals surface area contributed by atoms with Crippen LogP contribution >= 0.6 is 0 Å². The molecule has 0 aliphatic carbocycles. The fourth-order valence-corrected chi connectivity index (χ4v) is 1.70. The Bertz CT molecular complexity index is 291. The number of ether oxygens (including phenoxy) is 1. The predicted octanol–water partition coefficient (Wildman–Crippen LogP) is 2.78. The molecule has 0 saturated heterocycles. The summed E-state index contributed by atoms with van der Waals surface area (Å²) in [5.41, 5.74) is 2.74. The zero-order valence-corrected chi connectivity index (χ0v) is 7.88. The van der Waals surface area contributed by atoms with Gasteiger partial charge in [-0.1, -0.05) is 25.5 Å². The number of hydrogen-bond donors (Lipinski definition) is 0. The number of aryl methyl sites for hydroxylation is 1. The molecule has 1 nitrogen and oxygen atoms in total. The normalized spacial score (nSPS) is 13.9. The average molecular weight is 175 g/mol. The predicted molar refractivity (Wildman–Crippen MR) is 53.9 cm³/mol. The van der Waals surface area contributed by atoms with Crippen molar-refractivity contribution in [3.05, 3.63) is 36.2 Å². The highest BCUT2D eigenvalue weighted by atomic mass is 16.5. The summed E-state index contributed by atoms with van der Waals surface area (Å²) < 4.78 is 5.50. The van der Waals surface area contributed by atoms with Crippen LogP contribution in [0.2, 0.25) is 0 Å². The maximum Gasteiger partial charge on any atom is 0.122 e. The van der Waals surface area contributed by atoms with Crippen molar-refractivity contribution in [1.29, 1.82) is 0 Å². The van der Waals surface area contributed by atoms with Gasteiger partial charge in [0.25, 0.3) is 0 Å². The van der Waals surface area contributed by atoms with Crippen molar-refractivity contribution in [1.82, 2.24) is 0 Å². The van der Waals surface area contributed by atoms with Gasteiger partial charge in [0, 0.05) is 6.42 Å². The van der Waals surface area contributed by atoms with E-state index in [0.717, 1.165) is 31.6 Å². The molecular formula is C12H15O. The van der Waals surface area contributed by atoms with Gasteiger partial charge in [-0.05, 0) is 30.0 Å². The summed E-state index contributed by atoms with van der Waals surface area (Å²) in [7, 11) is 0. The van der Waals surface area contributed by atoms with Crippen molar-refractivity contribution in [2.24, 2.45) is 0 Å². The zero-order valence-electron chi connectivity index (χ0n) is 7.88. The lowest BCUT2D eigenvalue weighted by atomic mass is 10.1. The third-order valence-electron chi connectivity index (χ3n) is 2.48. The van der Waals surface area contributed by atoms with Crippen LogP contribution in [0.5, 0.6) is 5.75 Å². The van der Waals surface area contributed by atoms with Crippen molar-refractivity contribution in [3.8, 4) is 5.75 Å². The summed E-state index contributed by atoms with van der Waals surface area (Å²) in [5.74, 6) is 1.10. The lowest BCUT2D eigenvalue weighted by Gasteiger charge is -2.03. The van der Waals surface area contributed by atoms with E-state index in [4.69, 9.17) is 4.74 Å². The van der Waals surface area contributed by atoms with Crippen molar-refractivity contribution < 1.29 is 4.74 Å². The first kappa shape index (κ1) is 8.61. The number of hydrogen-bond acceptors (Lipinski definition) is 1. The summed E-state index contributed by atoms with van der Waals surface area (Å²) in [6.07, 6.45) is 4.38. The van der Waals surface area contributed by atoms with Crippen LogP contribution in [0.4, 0.5) is 0 Å². The molecule has 0 bridgehead atoms. The second-order valence-corrected chi connectivity index (χ2v) is 3.50. The summed E-state index contributed by atoms with van der Waals surface area (Å²) >= 11 is 0. The number of unbranched alkanes of at least 4 members (excludes halogenated alkanes) is 1. The molecule has 0 fully saturated rings. The van der Waals surface area contributed by atoms with Gasteiger partial charge in [0.1, 0.15) is 5.75 Å². The first-order valence-electron chi connectivity index (χ1n) is 4.94. The molecule has 13 heavy (non-hydrogen) atoms. The van der Waals surface area contributed by atoms with E-state index in [9.17, 15) is 0 Å². The van der Waals surface area contributed by atoms with E-state index in [0.29, 0.717) is 0 Å². The molecule has 0 spiro atoms. The molecule has 0 aromatic heterocycles. The molecule has 0 unspecified atom stereocenters. The lowest BCUT2D eigenvalue weighted by Crippen LogP contribution is -1.87. The fraction of sp³-hybridized carbons (Fsp3) is 0.417. The molecule has 0 saturated carbocycles. The van der Waals surface area contributed by atoms with E-state index in [1.54, 1.807) is 0 Å². The van der Waals surface area contributed by atoms with Crippen LogP contribution in [-0.2, 0) is 12.8 Å². The molecule has 0 atom stereocenters. The first-order chi connectivity index (χ1) is 6.40. The van der Waals surface area contributed by atoms with Gasteiger partial charge in [0.05, 0.1) is 6.61 Å². The van der Waals surface area contributed by atoms with E-state index in [1.807, 2.05) is 0 Å². The average Bonchev–Trinajstić information content (AvgIpc) is 2.61. The van der Waals surface area contributed by atoms with E-state index in [2.05, 4.69) is 25.1 Å². The van der Waals surface area contributed by atoms with Crippen molar-refractivity contribution in [2.75, 3.05) is 6.61 Å². The van der Waals surface area contributed by atoms with Gasteiger partial charge in [0.15, 0.2) is 0 Å². The zero-order chi connectivity index (χ0) is 9.10. The van der Waals surface area contributed by atoms with Crippen LogP contribution in [0.25, 0.3) is 0 Å². The quantitative estimate of drug-likeness (QED) is 0.686. The van der Waals surface area contributed by atoms with Gasteiger partial charge in [-0.25, -0.2) is 0 Å². The van der Waals surface area contributed by atoms with Crippen molar-refractivity contribution in [2.45, 2.75) is 25.7 Å². The van der Waals surface area contributed by atoms with Crippen molar-refractivity contribution in [3.63, 3.8) is 0 Å². The fourth-order valence-electron chi connectivity index (χ4n) is 1.70. The first-order valence-corrected chi connectivity index (χ1v) is 4.94. The molecule has 1 aliphatic rings. The lowest BCUT2D eigenvalue weighted by molar-refractivity contribution is 0.356. The van der Waals surface area contributed by atoms with E-state index in [1.165, 1.54) is 17.5 Å². The molecular weight excluding hydrogens is 160 g/mol. The van der Waals surface area contributed by atoms with E-state index >= 15 is 0 Å². The van der Waals surface area contributed by atoms with E-state index < -0.39 is 0 Å². The minimum atomic E-state index is 0.855. The smallest absolute Gasteiger partial charge is 0.122 e. The SMILES string of the molecule is [CH2]CCCc1ccc2c(c1)OCC2. The summed E-state index contributed by atoms with van der Waals surface area (Å²) in [6, 6.07) is 6.59. The molecule has 0 amide bonds. The minimum absolute atomic E-state index is 0.855. The Balaban J connectivity index is 2.12. The molecule has 1 heterocycles. The van der Waals surface area contributed by atoms with Gasteiger partial charge in [-0.3, -0.25) is 0 Å². The molecule has 69 valence electrons. The van der Waals surface area contributed by atoms with Crippen LogP contribution in [-0.4, -0.2) is 6.61 Å². The topological polar surface area (TPSA) is 9.23 Å². The second-order valence-electron chi connectivity index (χ2n) is 3.50. The highest BCUT2D eigenvalue weighted by Crippen LogP contribution is 2.26. The molecule has 1 aromatic rings. The Morgan fingerprint density at radius 3 is 3.15 bits per heavy atom. The van der Waals surface area contributed by atoms with Crippen LogP contribution in [0.1, 0.15) is 24.0 Å². The molecule has 2 rings (SSSR count). The van der Waals surface area contributed by atoms with Gasteiger partial charge in [-0.15, -0.1) is 0 Å². The summed E-state index contributed by atoms with van der Waals surface area (Å²) in [6.45, 7) is 4.70. The highest BCUT2D eigenvalue weighted by Gasteiger charge is 2.11.